The molecule has 1 aromatic carbocycles. The zero-order valence-electron chi connectivity index (χ0n) is 16.6. The highest BCUT2D eigenvalue weighted by Gasteiger charge is 2.17. The molecule has 0 aliphatic carbocycles. The molecular formula is C17H21BrN8O3S2. The number of H-pyrrole nitrogens is 1. The number of hydrogen-bond donors (Lipinski definition) is 5. The smallest absolute Gasteiger partial charge is 0.264 e. The highest BCUT2D eigenvalue weighted by Crippen LogP contribution is 2.24. The number of aliphatic hydroxyl groups is 1. The van der Waals surface area contributed by atoms with Crippen molar-refractivity contribution in [3.05, 3.63) is 34.9 Å². The lowest BCUT2D eigenvalue weighted by Gasteiger charge is -2.16. The van der Waals surface area contributed by atoms with Crippen LogP contribution < -0.4 is 15.4 Å². The maximum atomic E-state index is 12.7. The number of thioether (sulfide) groups is 1. The summed E-state index contributed by atoms with van der Waals surface area (Å²) in [5.74, 6) is 0.809. The molecule has 0 amide bonds. The summed E-state index contributed by atoms with van der Waals surface area (Å²) in [5.41, 5.74) is 0.479. The Morgan fingerprint density at radius 2 is 2.13 bits per heavy atom. The zero-order valence-corrected chi connectivity index (χ0v) is 19.8. The molecule has 0 saturated carbocycles. The van der Waals surface area contributed by atoms with Crippen molar-refractivity contribution in [3.63, 3.8) is 0 Å². The molecule has 0 saturated heterocycles. The average molecular weight is 529 g/mol. The van der Waals surface area contributed by atoms with Crippen LogP contribution in [0.4, 0.5) is 23.4 Å². The predicted octanol–water partition coefficient (Wildman–Crippen LogP) is 2.81. The van der Waals surface area contributed by atoms with E-state index in [1.165, 1.54) is 23.9 Å². The SMILES string of the molecule is CC[C@H](CO)Nc1nc(Nc2cccc(S(=O)(=O)Nc3nc(SC)n[nH]3)c2)ncc1Br. The zero-order chi connectivity index (χ0) is 22.4. The van der Waals surface area contributed by atoms with Crippen molar-refractivity contribution in [2.45, 2.75) is 29.4 Å². The Hall–Kier alpha value is -2.42. The topological polar surface area (TPSA) is 158 Å². The van der Waals surface area contributed by atoms with Crippen molar-refractivity contribution in [1.82, 2.24) is 25.1 Å². The molecule has 0 bridgehead atoms. The molecule has 0 aliphatic heterocycles. The van der Waals surface area contributed by atoms with Crippen molar-refractivity contribution in [1.29, 1.82) is 0 Å². The Kier molecular flexibility index (Phi) is 7.69. The van der Waals surface area contributed by atoms with Crippen molar-refractivity contribution >= 4 is 61.1 Å². The Morgan fingerprint density at radius 1 is 1.32 bits per heavy atom. The first-order chi connectivity index (χ1) is 14.8. The number of halogens is 1. The third-order valence-corrected chi connectivity index (χ3v) is 6.54. The minimum atomic E-state index is -3.88. The van der Waals surface area contributed by atoms with Crippen LogP contribution >= 0.6 is 27.7 Å². The van der Waals surface area contributed by atoms with E-state index in [9.17, 15) is 13.5 Å². The van der Waals surface area contributed by atoms with E-state index in [1.54, 1.807) is 24.6 Å². The number of nitrogens with zero attached hydrogens (tertiary/aromatic N) is 4. The summed E-state index contributed by atoms with van der Waals surface area (Å²) < 4.78 is 28.4. The summed E-state index contributed by atoms with van der Waals surface area (Å²) in [6, 6.07) is 6.06. The molecule has 0 spiro atoms. The van der Waals surface area contributed by atoms with Crippen molar-refractivity contribution in [3.8, 4) is 0 Å². The molecule has 5 N–H and O–H groups in total. The second kappa shape index (κ2) is 10.3. The predicted molar refractivity (Wildman–Crippen MR) is 123 cm³/mol. The molecule has 2 aromatic heterocycles. The average Bonchev–Trinajstić information content (AvgIpc) is 3.21. The number of hydrogen-bond acceptors (Lipinski definition) is 10. The summed E-state index contributed by atoms with van der Waals surface area (Å²) in [6.07, 6.45) is 4.07. The number of anilines is 4. The minimum absolute atomic E-state index is 0.0291. The van der Waals surface area contributed by atoms with Gasteiger partial charge < -0.3 is 15.7 Å². The first-order valence-corrected chi connectivity index (χ1v) is 12.6. The van der Waals surface area contributed by atoms with Gasteiger partial charge in [0.2, 0.25) is 17.1 Å². The monoisotopic (exact) mass is 528 g/mol. The molecule has 31 heavy (non-hydrogen) atoms. The molecule has 1 atom stereocenters. The second-order valence-electron chi connectivity index (χ2n) is 6.25. The molecular weight excluding hydrogens is 508 g/mol. The molecule has 166 valence electrons. The van der Waals surface area contributed by atoms with Crippen molar-refractivity contribution in [2.75, 3.05) is 28.2 Å². The third kappa shape index (κ3) is 6.06. The largest absolute Gasteiger partial charge is 0.394 e. The van der Waals surface area contributed by atoms with Crippen LogP contribution in [-0.4, -0.2) is 57.6 Å². The van der Waals surface area contributed by atoms with Crippen LogP contribution in [-0.2, 0) is 10.0 Å². The van der Waals surface area contributed by atoms with Crippen LogP contribution in [0.2, 0.25) is 0 Å². The molecule has 14 heteroatoms. The fourth-order valence-electron chi connectivity index (χ4n) is 2.44. The molecule has 0 radical (unpaired) electrons. The van der Waals surface area contributed by atoms with Crippen molar-refractivity contribution in [2.24, 2.45) is 0 Å². The molecule has 0 aliphatic rings. The summed E-state index contributed by atoms with van der Waals surface area (Å²) in [5, 5.41) is 22.4. The molecule has 3 aromatic rings. The molecule has 2 heterocycles. The third-order valence-electron chi connectivity index (χ3n) is 4.08. The van der Waals surface area contributed by atoms with Crippen LogP contribution in [0.5, 0.6) is 0 Å². The van der Waals surface area contributed by atoms with Crippen LogP contribution in [0.1, 0.15) is 13.3 Å². The lowest BCUT2D eigenvalue weighted by atomic mass is 10.2. The minimum Gasteiger partial charge on any atom is -0.394 e. The lowest BCUT2D eigenvalue weighted by Crippen LogP contribution is -2.23. The highest BCUT2D eigenvalue weighted by molar-refractivity contribution is 9.10. The van der Waals surface area contributed by atoms with Crippen LogP contribution in [0, 0.1) is 0 Å². The second-order valence-corrected chi connectivity index (χ2v) is 9.56. The number of aromatic nitrogens is 5. The summed E-state index contributed by atoms with van der Waals surface area (Å²) in [6.45, 7) is 1.91. The Balaban J connectivity index is 1.79. The summed E-state index contributed by atoms with van der Waals surface area (Å²) in [4.78, 5) is 12.7. The van der Waals surface area contributed by atoms with E-state index in [4.69, 9.17) is 0 Å². The van der Waals surface area contributed by atoms with Crippen LogP contribution in [0.15, 0.2) is 45.0 Å². The number of aliphatic hydroxyl groups excluding tert-OH is 1. The van der Waals surface area contributed by atoms with Crippen molar-refractivity contribution < 1.29 is 13.5 Å². The Labute approximate surface area is 192 Å². The van der Waals surface area contributed by atoms with E-state index in [1.807, 2.05) is 6.92 Å². The number of benzene rings is 1. The van der Waals surface area contributed by atoms with Crippen LogP contribution in [0.25, 0.3) is 0 Å². The number of aromatic amines is 1. The van der Waals surface area contributed by atoms with Gasteiger partial charge in [0.1, 0.15) is 5.82 Å². The standard InChI is InChI=1S/C17H21BrN8O3S2/c1-3-10(9-27)20-14-13(18)8-19-15(22-14)21-11-5-4-6-12(7-11)31(28,29)26-16-23-17(30-2)25-24-16/h4-8,10,27H,3,9H2,1-2H3,(H2,19,20,21,22)(H2,23,24,25,26)/t10-/m1/s1. The molecule has 11 nitrogen and oxygen atoms in total. The maximum Gasteiger partial charge on any atom is 0.264 e. The van der Waals surface area contributed by atoms with Gasteiger partial charge in [0.25, 0.3) is 10.0 Å². The van der Waals surface area contributed by atoms with E-state index < -0.39 is 10.0 Å². The van der Waals surface area contributed by atoms with Crippen LogP contribution in [0.3, 0.4) is 0 Å². The van der Waals surface area contributed by atoms with Gasteiger partial charge in [0.05, 0.1) is 22.0 Å². The van der Waals surface area contributed by atoms with Gasteiger partial charge in [0, 0.05) is 11.9 Å². The van der Waals surface area contributed by atoms with E-state index in [2.05, 4.69) is 56.4 Å². The van der Waals surface area contributed by atoms with Gasteiger partial charge in [-0.15, -0.1) is 5.10 Å². The normalized spacial score (nSPS) is 12.4. The van der Waals surface area contributed by atoms with Gasteiger partial charge in [0.15, 0.2) is 0 Å². The van der Waals surface area contributed by atoms with E-state index in [0.29, 0.717) is 27.6 Å². The van der Waals surface area contributed by atoms with E-state index in [-0.39, 0.29) is 29.4 Å². The fourth-order valence-corrected chi connectivity index (χ4v) is 4.07. The fraction of sp³-hybridized carbons (Fsp3) is 0.294. The summed E-state index contributed by atoms with van der Waals surface area (Å²) >= 11 is 4.67. The van der Waals surface area contributed by atoms with Gasteiger partial charge in [-0.25, -0.2) is 23.2 Å². The maximum absolute atomic E-state index is 12.7. The number of nitrogens with one attached hydrogen (secondary N) is 4. The van der Waals surface area contributed by atoms with Gasteiger partial charge in [-0.3, -0.25) is 0 Å². The molecule has 0 fully saturated rings. The van der Waals surface area contributed by atoms with Gasteiger partial charge in [-0.05, 0) is 46.8 Å². The Morgan fingerprint density at radius 3 is 2.81 bits per heavy atom. The first kappa shape index (κ1) is 23.2. The quantitative estimate of drug-likeness (QED) is 0.247. The first-order valence-electron chi connectivity index (χ1n) is 9.10. The molecule has 3 rings (SSSR count). The van der Waals surface area contributed by atoms with Gasteiger partial charge in [-0.2, -0.15) is 9.97 Å². The Bertz CT molecular complexity index is 1140. The molecule has 0 unspecified atom stereocenters. The summed E-state index contributed by atoms with van der Waals surface area (Å²) in [7, 11) is -3.88. The van der Waals surface area contributed by atoms with Gasteiger partial charge >= 0.3 is 0 Å². The van der Waals surface area contributed by atoms with E-state index in [0.717, 1.165) is 0 Å². The highest BCUT2D eigenvalue weighted by atomic mass is 79.9. The van der Waals surface area contributed by atoms with E-state index >= 15 is 0 Å². The van der Waals surface area contributed by atoms with Gasteiger partial charge in [-0.1, -0.05) is 24.8 Å². The number of sulfonamides is 1. The number of rotatable bonds is 10. The lowest BCUT2D eigenvalue weighted by molar-refractivity contribution is 0.271.